The molecule has 4 rings (SSSR count). The van der Waals surface area contributed by atoms with E-state index in [9.17, 15) is 9.50 Å². The van der Waals surface area contributed by atoms with Crippen LogP contribution in [0.3, 0.4) is 0 Å². The molecule has 0 amide bonds. The quantitative estimate of drug-likeness (QED) is 0.532. The van der Waals surface area contributed by atoms with Crippen LogP contribution in [0.2, 0.25) is 0 Å². The number of H-pyrrole nitrogens is 1. The topological polar surface area (TPSA) is 123 Å². The monoisotopic (exact) mass is 416 g/mol. The summed E-state index contributed by atoms with van der Waals surface area (Å²) in [5, 5.41) is 18.2. The first-order valence-corrected chi connectivity index (χ1v) is 9.45. The van der Waals surface area contributed by atoms with E-state index >= 15 is 0 Å². The summed E-state index contributed by atoms with van der Waals surface area (Å²) >= 11 is 0. The number of halogens is 1. The average molecular weight is 416 g/mol. The Balaban J connectivity index is 1.71. The molecule has 9 nitrogen and oxygen atoms in total. The third-order valence-electron chi connectivity index (χ3n) is 4.50. The Morgan fingerprint density at radius 3 is 2.57 bits per heavy atom. The van der Waals surface area contributed by atoms with Crippen LogP contribution in [-0.2, 0) is 9.47 Å². The van der Waals surface area contributed by atoms with E-state index in [1.54, 1.807) is 18.2 Å². The molecular formula is C20H21FN4O5. The Kier molecular flexibility index (Phi) is 6.29. The summed E-state index contributed by atoms with van der Waals surface area (Å²) in [6.45, 7) is 0.575. The van der Waals surface area contributed by atoms with Crippen molar-refractivity contribution in [2.75, 3.05) is 33.0 Å². The third-order valence-corrected chi connectivity index (χ3v) is 4.50. The number of nitrogens with one attached hydrogen (secondary N) is 1. The summed E-state index contributed by atoms with van der Waals surface area (Å²) in [7, 11) is 0. The number of benzene rings is 1. The number of imidazole rings is 1. The SMILES string of the molecule is OCCOc1nccc(-c2[nH]c(C3OCC(CO)CO3)nc2-c2ccc(F)cc2)n1. The Morgan fingerprint density at radius 2 is 1.87 bits per heavy atom. The maximum Gasteiger partial charge on any atom is 0.317 e. The molecule has 1 aliphatic heterocycles. The van der Waals surface area contributed by atoms with Crippen molar-refractivity contribution >= 4 is 0 Å². The minimum absolute atomic E-state index is 0.0193. The molecule has 3 heterocycles. The first-order valence-electron chi connectivity index (χ1n) is 9.45. The number of aromatic nitrogens is 4. The summed E-state index contributed by atoms with van der Waals surface area (Å²) in [6.07, 6.45) is 0.802. The molecule has 1 aromatic carbocycles. The molecule has 0 bridgehead atoms. The van der Waals surface area contributed by atoms with E-state index in [1.165, 1.54) is 18.3 Å². The fourth-order valence-electron chi connectivity index (χ4n) is 3.00. The number of aliphatic hydroxyl groups is 2. The van der Waals surface area contributed by atoms with Gasteiger partial charge in [0, 0.05) is 17.7 Å². The van der Waals surface area contributed by atoms with E-state index in [0.29, 0.717) is 41.7 Å². The second kappa shape index (κ2) is 9.26. The van der Waals surface area contributed by atoms with Gasteiger partial charge >= 0.3 is 6.01 Å². The minimum Gasteiger partial charge on any atom is -0.461 e. The lowest BCUT2D eigenvalue weighted by molar-refractivity contribution is -0.213. The highest BCUT2D eigenvalue weighted by atomic mass is 19.1. The van der Waals surface area contributed by atoms with Crippen LogP contribution in [0.1, 0.15) is 12.1 Å². The van der Waals surface area contributed by atoms with Gasteiger partial charge in [-0.2, -0.15) is 4.98 Å². The average Bonchev–Trinajstić information content (AvgIpc) is 3.24. The molecule has 3 N–H and O–H groups in total. The van der Waals surface area contributed by atoms with Gasteiger partial charge in [0.05, 0.1) is 43.5 Å². The molecule has 0 atom stereocenters. The van der Waals surface area contributed by atoms with Gasteiger partial charge in [-0.05, 0) is 30.3 Å². The summed E-state index contributed by atoms with van der Waals surface area (Å²) in [5.74, 6) is -0.00993. The van der Waals surface area contributed by atoms with Gasteiger partial charge in [-0.15, -0.1) is 0 Å². The Hall–Kier alpha value is -2.92. The third kappa shape index (κ3) is 4.46. The van der Waals surface area contributed by atoms with E-state index in [2.05, 4.69) is 19.9 Å². The Labute approximate surface area is 171 Å². The Morgan fingerprint density at radius 1 is 1.10 bits per heavy atom. The van der Waals surface area contributed by atoms with Gasteiger partial charge < -0.3 is 29.4 Å². The van der Waals surface area contributed by atoms with Crippen molar-refractivity contribution in [1.29, 1.82) is 0 Å². The number of rotatable bonds is 7. The van der Waals surface area contributed by atoms with Gasteiger partial charge in [-0.25, -0.2) is 14.4 Å². The van der Waals surface area contributed by atoms with Gasteiger partial charge in [-0.3, -0.25) is 0 Å². The molecule has 1 aliphatic rings. The number of aromatic amines is 1. The van der Waals surface area contributed by atoms with Crippen LogP contribution in [0.4, 0.5) is 4.39 Å². The van der Waals surface area contributed by atoms with Crippen molar-refractivity contribution in [2.24, 2.45) is 5.92 Å². The fraction of sp³-hybridized carbons (Fsp3) is 0.350. The van der Waals surface area contributed by atoms with Crippen molar-refractivity contribution in [3.63, 3.8) is 0 Å². The summed E-state index contributed by atoms with van der Waals surface area (Å²) in [6, 6.07) is 7.73. The van der Waals surface area contributed by atoms with E-state index in [1.807, 2.05) is 0 Å². The molecule has 1 saturated heterocycles. The Bertz CT molecular complexity index is 974. The van der Waals surface area contributed by atoms with E-state index in [4.69, 9.17) is 19.3 Å². The molecular weight excluding hydrogens is 395 g/mol. The van der Waals surface area contributed by atoms with Gasteiger partial charge in [0.25, 0.3) is 0 Å². The van der Waals surface area contributed by atoms with Crippen LogP contribution in [-0.4, -0.2) is 63.2 Å². The lowest BCUT2D eigenvalue weighted by Gasteiger charge is -2.26. The predicted octanol–water partition coefficient (Wildman–Crippen LogP) is 1.70. The number of nitrogens with zero attached hydrogens (tertiary/aromatic N) is 3. The highest BCUT2D eigenvalue weighted by molar-refractivity contribution is 5.76. The number of aliphatic hydroxyl groups excluding tert-OH is 2. The molecule has 0 spiro atoms. The maximum absolute atomic E-state index is 13.4. The maximum atomic E-state index is 13.4. The van der Waals surface area contributed by atoms with Crippen LogP contribution in [0.5, 0.6) is 6.01 Å². The van der Waals surface area contributed by atoms with E-state index in [-0.39, 0.29) is 37.6 Å². The van der Waals surface area contributed by atoms with Gasteiger partial charge in [0.1, 0.15) is 12.4 Å². The van der Waals surface area contributed by atoms with Crippen molar-refractivity contribution in [3.8, 4) is 28.7 Å². The van der Waals surface area contributed by atoms with Gasteiger partial charge in [0.15, 0.2) is 5.82 Å². The summed E-state index contributed by atoms with van der Waals surface area (Å²) in [4.78, 5) is 16.2. The first kappa shape index (κ1) is 20.4. The molecule has 158 valence electrons. The molecule has 3 aromatic rings. The first-order chi connectivity index (χ1) is 14.7. The largest absolute Gasteiger partial charge is 0.461 e. The van der Waals surface area contributed by atoms with E-state index in [0.717, 1.165) is 0 Å². The second-order valence-electron chi connectivity index (χ2n) is 6.70. The molecule has 0 saturated carbocycles. The number of hydrogen-bond donors (Lipinski definition) is 3. The highest BCUT2D eigenvalue weighted by Gasteiger charge is 2.27. The summed E-state index contributed by atoms with van der Waals surface area (Å²) < 4.78 is 30.1. The zero-order valence-electron chi connectivity index (χ0n) is 16.0. The smallest absolute Gasteiger partial charge is 0.317 e. The van der Waals surface area contributed by atoms with Crippen LogP contribution in [0, 0.1) is 11.7 Å². The predicted molar refractivity (Wildman–Crippen MR) is 103 cm³/mol. The second-order valence-corrected chi connectivity index (χ2v) is 6.70. The molecule has 0 aliphatic carbocycles. The zero-order valence-corrected chi connectivity index (χ0v) is 16.0. The van der Waals surface area contributed by atoms with Crippen LogP contribution in [0.25, 0.3) is 22.6 Å². The minimum atomic E-state index is -0.729. The molecule has 30 heavy (non-hydrogen) atoms. The standard InChI is InChI=1S/C20H21FN4O5/c21-14-3-1-13(2-4-14)16-17(15-5-6-22-20(23-15)28-8-7-26)25-18(24-16)19-29-10-12(9-27)11-30-19/h1-6,12,19,26-27H,7-11H2,(H,24,25). The van der Waals surface area contributed by atoms with Crippen molar-refractivity contribution < 1.29 is 28.8 Å². The van der Waals surface area contributed by atoms with Crippen molar-refractivity contribution in [2.45, 2.75) is 6.29 Å². The van der Waals surface area contributed by atoms with E-state index < -0.39 is 6.29 Å². The zero-order chi connectivity index (χ0) is 20.9. The van der Waals surface area contributed by atoms with Crippen LogP contribution >= 0.6 is 0 Å². The van der Waals surface area contributed by atoms with Crippen molar-refractivity contribution in [1.82, 2.24) is 19.9 Å². The van der Waals surface area contributed by atoms with Gasteiger partial charge in [0.2, 0.25) is 6.29 Å². The molecule has 1 fully saturated rings. The lowest BCUT2D eigenvalue weighted by Crippen LogP contribution is -2.29. The number of hydrogen-bond acceptors (Lipinski definition) is 8. The molecule has 0 unspecified atom stereocenters. The fourth-order valence-corrected chi connectivity index (χ4v) is 3.00. The lowest BCUT2D eigenvalue weighted by atomic mass is 10.1. The molecule has 2 aromatic heterocycles. The van der Waals surface area contributed by atoms with Gasteiger partial charge in [-0.1, -0.05) is 0 Å². The van der Waals surface area contributed by atoms with Crippen LogP contribution < -0.4 is 4.74 Å². The molecule has 0 radical (unpaired) electrons. The van der Waals surface area contributed by atoms with Crippen LogP contribution in [0.15, 0.2) is 36.5 Å². The normalized spacial score (nSPS) is 19.0. The molecule has 10 heteroatoms. The highest BCUT2D eigenvalue weighted by Crippen LogP contribution is 2.33. The summed E-state index contributed by atoms with van der Waals surface area (Å²) in [5.41, 5.74) is 2.27. The van der Waals surface area contributed by atoms with Crippen molar-refractivity contribution in [3.05, 3.63) is 48.2 Å². The number of ether oxygens (including phenoxy) is 3.